The number of aromatic nitrogens is 2. The molecule has 60 heavy (non-hydrogen) atoms. The van der Waals surface area contributed by atoms with Crippen molar-refractivity contribution in [2.45, 2.75) is 15.2 Å². The Bertz CT molecular complexity index is 3250. The standard InChI is InChI=1S/C57H36N2S/c1-3-17-37(18-4-1)41-32-33-47(43-23-9-8-22-42(41)43)53-36-52(58-56(59-53)38-19-5-2-6-20-38)46-26-10-7-21-40(46)39-31-34-51-55(35-39)60-54-30-16-15-29-50(54)57(51)48-27-13-11-24-44(48)45-25-12-14-28-49(45)57/h1-36H. The van der Waals surface area contributed by atoms with Crippen LogP contribution in [0.1, 0.15) is 22.3 Å². The fourth-order valence-electron chi connectivity index (χ4n) is 9.82. The minimum absolute atomic E-state index is 0.409. The van der Waals surface area contributed by atoms with Gasteiger partial charge in [-0.05, 0) is 84.6 Å². The van der Waals surface area contributed by atoms with Crippen LogP contribution in [-0.2, 0) is 5.41 Å². The van der Waals surface area contributed by atoms with Crippen molar-refractivity contribution in [3.05, 3.63) is 241 Å². The molecule has 0 N–H and O–H groups in total. The Kier molecular flexibility index (Phi) is 8.04. The summed E-state index contributed by atoms with van der Waals surface area (Å²) in [5.41, 5.74) is 17.2. The summed E-state index contributed by atoms with van der Waals surface area (Å²) in [7, 11) is 0. The highest BCUT2D eigenvalue weighted by atomic mass is 32.2. The van der Waals surface area contributed by atoms with Crippen LogP contribution >= 0.6 is 11.8 Å². The number of fused-ring (bicyclic) bond motifs is 10. The highest BCUT2D eigenvalue weighted by Gasteiger charge is 2.50. The van der Waals surface area contributed by atoms with Crippen LogP contribution in [0.25, 0.3) is 78.1 Å². The van der Waals surface area contributed by atoms with Crippen LogP contribution in [0, 0.1) is 0 Å². The van der Waals surface area contributed by atoms with Crippen molar-refractivity contribution >= 4 is 22.5 Å². The van der Waals surface area contributed by atoms with Crippen LogP contribution in [0.3, 0.4) is 0 Å². The van der Waals surface area contributed by atoms with Gasteiger partial charge in [0.15, 0.2) is 5.82 Å². The van der Waals surface area contributed by atoms with Gasteiger partial charge in [-0.15, -0.1) is 0 Å². The van der Waals surface area contributed by atoms with Gasteiger partial charge in [0.25, 0.3) is 0 Å². The Hall–Kier alpha value is -7.33. The van der Waals surface area contributed by atoms with Crippen molar-refractivity contribution in [1.29, 1.82) is 0 Å². The molecule has 1 aliphatic carbocycles. The highest BCUT2D eigenvalue weighted by Crippen LogP contribution is 2.62. The van der Waals surface area contributed by atoms with Crippen LogP contribution in [0.2, 0.25) is 0 Å². The minimum atomic E-state index is -0.409. The van der Waals surface area contributed by atoms with Crippen LogP contribution in [0.5, 0.6) is 0 Å². The molecule has 2 heterocycles. The zero-order valence-corrected chi connectivity index (χ0v) is 33.4. The molecule has 10 aromatic rings. The molecule has 0 unspecified atom stereocenters. The largest absolute Gasteiger partial charge is 0.228 e. The molecule has 0 bridgehead atoms. The second kappa shape index (κ2) is 13.9. The van der Waals surface area contributed by atoms with Gasteiger partial charge in [-0.25, -0.2) is 9.97 Å². The van der Waals surface area contributed by atoms with Crippen molar-refractivity contribution < 1.29 is 0 Å². The SMILES string of the molecule is c1ccc(-c2nc(-c3ccccc3-c3ccc4c(c3)Sc3ccccc3C43c4ccccc4-c4ccccc43)cc(-c3ccc(-c4ccccc4)c4ccccc34)n2)cc1. The maximum Gasteiger partial charge on any atom is 0.160 e. The summed E-state index contributed by atoms with van der Waals surface area (Å²) < 4.78 is 0. The Balaban J connectivity index is 1.05. The van der Waals surface area contributed by atoms with E-state index < -0.39 is 5.41 Å². The fraction of sp³-hybridized carbons (Fsp3) is 0.0175. The first kappa shape index (κ1) is 34.7. The van der Waals surface area contributed by atoms with Crippen LogP contribution in [0.15, 0.2) is 228 Å². The minimum Gasteiger partial charge on any atom is -0.228 e. The number of nitrogens with zero attached hydrogens (tertiary/aromatic N) is 2. The summed E-state index contributed by atoms with van der Waals surface area (Å²) in [6.07, 6.45) is 0. The zero-order valence-electron chi connectivity index (χ0n) is 32.6. The third-order valence-corrected chi connectivity index (χ3v) is 13.5. The number of benzene rings is 9. The Morgan fingerprint density at radius 3 is 1.50 bits per heavy atom. The number of hydrogen-bond acceptors (Lipinski definition) is 3. The van der Waals surface area contributed by atoms with Crippen LogP contribution in [-0.4, -0.2) is 9.97 Å². The topological polar surface area (TPSA) is 25.8 Å². The molecule has 0 saturated carbocycles. The average Bonchev–Trinajstić information content (AvgIpc) is 3.62. The lowest BCUT2D eigenvalue weighted by molar-refractivity contribution is 0.722. The van der Waals surface area contributed by atoms with E-state index in [1.807, 2.05) is 17.8 Å². The molecular weight excluding hydrogens is 745 g/mol. The lowest BCUT2D eigenvalue weighted by Gasteiger charge is -2.39. The third kappa shape index (κ3) is 5.29. The first-order valence-corrected chi connectivity index (χ1v) is 21.3. The van der Waals surface area contributed by atoms with Gasteiger partial charge in [0.2, 0.25) is 0 Å². The molecule has 1 spiro atoms. The summed E-state index contributed by atoms with van der Waals surface area (Å²) in [5, 5.41) is 2.35. The van der Waals surface area contributed by atoms with Crippen molar-refractivity contribution in [3.8, 4) is 67.3 Å². The first-order chi connectivity index (χ1) is 29.8. The van der Waals surface area contributed by atoms with E-state index in [1.165, 1.54) is 59.7 Å². The summed E-state index contributed by atoms with van der Waals surface area (Å²) in [4.78, 5) is 13.2. The average molecular weight is 781 g/mol. The van der Waals surface area contributed by atoms with Crippen molar-refractivity contribution in [1.82, 2.24) is 9.97 Å². The van der Waals surface area contributed by atoms with Gasteiger partial charge in [0, 0.05) is 26.5 Å². The van der Waals surface area contributed by atoms with Crippen molar-refractivity contribution in [2.24, 2.45) is 0 Å². The predicted molar refractivity (Wildman–Crippen MR) is 248 cm³/mol. The Morgan fingerprint density at radius 1 is 0.300 bits per heavy atom. The molecule has 280 valence electrons. The van der Waals surface area contributed by atoms with Crippen molar-refractivity contribution in [2.75, 3.05) is 0 Å². The molecule has 2 nitrogen and oxygen atoms in total. The summed E-state index contributed by atoms with van der Waals surface area (Å²) >= 11 is 1.88. The summed E-state index contributed by atoms with van der Waals surface area (Å²) in [6, 6.07) is 79.1. The van der Waals surface area contributed by atoms with Gasteiger partial charge in [-0.3, -0.25) is 0 Å². The quantitative estimate of drug-likeness (QED) is 0.174. The van der Waals surface area contributed by atoms with E-state index in [-0.39, 0.29) is 0 Å². The second-order valence-electron chi connectivity index (χ2n) is 15.6. The van der Waals surface area contributed by atoms with Gasteiger partial charge < -0.3 is 0 Å². The lowest BCUT2D eigenvalue weighted by Crippen LogP contribution is -2.31. The molecule has 3 heteroatoms. The van der Waals surface area contributed by atoms with Gasteiger partial charge in [-0.2, -0.15) is 0 Å². The lowest BCUT2D eigenvalue weighted by atomic mass is 9.67. The van der Waals surface area contributed by atoms with Crippen molar-refractivity contribution in [3.63, 3.8) is 0 Å². The van der Waals surface area contributed by atoms with Gasteiger partial charge in [-0.1, -0.05) is 212 Å². The van der Waals surface area contributed by atoms with E-state index in [0.717, 1.165) is 44.6 Å². The fourth-order valence-corrected chi connectivity index (χ4v) is 11.0. The molecule has 0 fully saturated rings. The van der Waals surface area contributed by atoms with E-state index in [2.05, 4.69) is 212 Å². The predicted octanol–water partition coefficient (Wildman–Crippen LogP) is 14.8. The number of hydrogen-bond donors (Lipinski definition) is 0. The molecule has 1 aromatic heterocycles. The molecule has 0 atom stereocenters. The highest BCUT2D eigenvalue weighted by molar-refractivity contribution is 7.99. The summed E-state index contributed by atoms with van der Waals surface area (Å²) in [6.45, 7) is 0. The Morgan fingerprint density at radius 2 is 0.800 bits per heavy atom. The van der Waals surface area contributed by atoms with E-state index >= 15 is 0 Å². The second-order valence-corrected chi connectivity index (χ2v) is 16.7. The molecule has 0 amide bonds. The molecule has 12 rings (SSSR count). The van der Waals surface area contributed by atoms with Gasteiger partial charge in [0.05, 0.1) is 16.8 Å². The molecule has 1 aliphatic heterocycles. The number of rotatable bonds is 5. The van der Waals surface area contributed by atoms with E-state index in [1.54, 1.807) is 0 Å². The molecule has 0 radical (unpaired) electrons. The van der Waals surface area contributed by atoms with Gasteiger partial charge >= 0.3 is 0 Å². The Labute approximate surface area is 353 Å². The smallest absolute Gasteiger partial charge is 0.160 e. The maximum atomic E-state index is 5.34. The maximum absolute atomic E-state index is 5.34. The van der Waals surface area contributed by atoms with E-state index in [9.17, 15) is 0 Å². The molecular formula is C57H36N2S. The van der Waals surface area contributed by atoms with E-state index in [0.29, 0.717) is 5.82 Å². The normalized spacial score (nSPS) is 13.1. The third-order valence-electron chi connectivity index (χ3n) is 12.4. The molecule has 0 saturated heterocycles. The van der Waals surface area contributed by atoms with Gasteiger partial charge in [0.1, 0.15) is 0 Å². The van der Waals surface area contributed by atoms with Crippen LogP contribution < -0.4 is 0 Å². The zero-order chi connectivity index (χ0) is 39.6. The molecule has 9 aromatic carbocycles. The first-order valence-electron chi connectivity index (χ1n) is 20.5. The summed E-state index contributed by atoms with van der Waals surface area (Å²) in [5.74, 6) is 0.701. The van der Waals surface area contributed by atoms with Crippen LogP contribution in [0.4, 0.5) is 0 Å². The molecule has 2 aliphatic rings. The monoisotopic (exact) mass is 780 g/mol. The van der Waals surface area contributed by atoms with E-state index in [4.69, 9.17) is 9.97 Å².